The number of nitrogens with one attached hydrogen (secondary N) is 2. The van der Waals surface area contributed by atoms with Crippen LogP contribution in [-0.4, -0.2) is 33.3 Å². The van der Waals surface area contributed by atoms with Gasteiger partial charge in [0.05, 0.1) is 20.8 Å². The standard InChI is InChI=1S/C20H24ClN5OSSi/c1-28(22,27)16-8-6-15(7-9-16)14-24-17-10-11-23-20-18(17)19(21)25-26(20)12-5-13-29(2,3)4/h6-11,22H,12,14H2,1-4H3,(H,23,24). The number of nitrogens with zero attached hydrogens (tertiary/aromatic N) is 3. The van der Waals surface area contributed by atoms with Crippen LogP contribution in [0.15, 0.2) is 41.4 Å². The molecule has 152 valence electrons. The fourth-order valence-corrected chi connectivity index (χ4v) is 4.30. The molecule has 9 heteroatoms. The summed E-state index contributed by atoms with van der Waals surface area (Å²) in [5.74, 6) is 3.20. The molecular formula is C20H24ClN5OSSi. The van der Waals surface area contributed by atoms with Crippen molar-refractivity contribution in [3.63, 3.8) is 0 Å². The van der Waals surface area contributed by atoms with E-state index in [9.17, 15) is 4.21 Å². The summed E-state index contributed by atoms with van der Waals surface area (Å²) in [7, 11) is -4.15. The SMILES string of the molecule is C[Si](C)(C)C#CCn1nc(Cl)c2c(NCc3ccc(S(C)(=N)=O)cc3)ccnc21. The molecule has 0 fully saturated rings. The largest absolute Gasteiger partial charge is 0.380 e. The topological polar surface area (TPSA) is 83.7 Å². The molecular weight excluding hydrogens is 422 g/mol. The van der Waals surface area contributed by atoms with E-state index in [1.54, 1.807) is 23.0 Å². The van der Waals surface area contributed by atoms with Crippen LogP contribution in [0.1, 0.15) is 5.56 Å². The molecule has 6 nitrogen and oxygen atoms in total. The first-order valence-electron chi connectivity index (χ1n) is 9.12. The first-order chi connectivity index (χ1) is 13.5. The fraction of sp³-hybridized carbons (Fsp3) is 0.300. The molecule has 3 aromatic rings. The molecule has 0 aliphatic rings. The molecule has 0 bridgehead atoms. The van der Waals surface area contributed by atoms with Gasteiger partial charge in [0.25, 0.3) is 0 Å². The smallest absolute Gasteiger partial charge is 0.162 e. The molecule has 0 radical (unpaired) electrons. The quantitative estimate of drug-likeness (QED) is 0.443. The maximum absolute atomic E-state index is 11.8. The lowest BCUT2D eigenvalue weighted by atomic mass is 10.2. The van der Waals surface area contributed by atoms with Crippen molar-refractivity contribution in [1.82, 2.24) is 14.8 Å². The number of halogens is 1. The maximum atomic E-state index is 11.8. The van der Waals surface area contributed by atoms with Gasteiger partial charge >= 0.3 is 0 Å². The van der Waals surface area contributed by atoms with Gasteiger partial charge in [-0.3, -0.25) is 0 Å². The molecule has 0 aliphatic carbocycles. The number of benzene rings is 1. The van der Waals surface area contributed by atoms with Crippen molar-refractivity contribution in [2.24, 2.45) is 0 Å². The third-order valence-electron chi connectivity index (χ3n) is 4.14. The minimum absolute atomic E-state index is 0.390. The number of fused-ring (bicyclic) bond motifs is 1. The summed E-state index contributed by atoms with van der Waals surface area (Å²) >= 11 is 6.40. The summed E-state index contributed by atoms with van der Waals surface area (Å²) in [5.41, 5.74) is 5.87. The Kier molecular flexibility index (Phi) is 6.03. The number of rotatable bonds is 5. The van der Waals surface area contributed by atoms with Gasteiger partial charge in [-0.2, -0.15) is 5.10 Å². The molecule has 1 atom stereocenters. The molecule has 2 N–H and O–H groups in total. The summed E-state index contributed by atoms with van der Waals surface area (Å²) in [4.78, 5) is 4.96. The van der Waals surface area contributed by atoms with E-state index in [1.807, 2.05) is 18.2 Å². The third kappa shape index (κ3) is 5.38. The first-order valence-corrected chi connectivity index (χ1v) is 15.0. The summed E-state index contributed by atoms with van der Waals surface area (Å²) in [6.45, 7) is 7.60. The van der Waals surface area contributed by atoms with E-state index in [0.717, 1.165) is 16.6 Å². The second-order valence-corrected chi connectivity index (χ2v) is 15.2. The molecule has 3 rings (SSSR count). The van der Waals surface area contributed by atoms with Gasteiger partial charge in [0.15, 0.2) is 10.8 Å². The van der Waals surface area contributed by atoms with Crippen molar-refractivity contribution in [2.75, 3.05) is 11.6 Å². The zero-order chi connectivity index (χ0) is 21.2. The van der Waals surface area contributed by atoms with Crippen molar-refractivity contribution in [3.05, 3.63) is 47.2 Å². The van der Waals surface area contributed by atoms with E-state index in [2.05, 4.69) is 46.5 Å². The highest BCUT2D eigenvalue weighted by atomic mass is 35.5. The van der Waals surface area contributed by atoms with Crippen LogP contribution >= 0.6 is 11.6 Å². The fourth-order valence-electron chi connectivity index (χ4n) is 2.75. The van der Waals surface area contributed by atoms with Crippen molar-refractivity contribution in [1.29, 1.82) is 4.78 Å². The van der Waals surface area contributed by atoms with Gasteiger partial charge in [-0.1, -0.05) is 49.3 Å². The van der Waals surface area contributed by atoms with E-state index in [-0.39, 0.29) is 0 Å². The Balaban J connectivity index is 1.82. The molecule has 29 heavy (non-hydrogen) atoms. The summed E-state index contributed by atoms with van der Waals surface area (Å²) in [6, 6.07) is 9.07. The Labute approximate surface area is 177 Å². The molecule has 2 heterocycles. The minimum Gasteiger partial charge on any atom is -0.380 e. The molecule has 0 saturated heterocycles. The van der Waals surface area contributed by atoms with Crippen LogP contribution in [0.5, 0.6) is 0 Å². The Morgan fingerprint density at radius 3 is 2.55 bits per heavy atom. The summed E-state index contributed by atoms with van der Waals surface area (Å²) < 4.78 is 21.2. The molecule has 1 unspecified atom stereocenters. The van der Waals surface area contributed by atoms with Crippen LogP contribution in [-0.2, 0) is 22.8 Å². The molecule has 1 aromatic carbocycles. The van der Waals surface area contributed by atoms with Crippen LogP contribution in [0.3, 0.4) is 0 Å². The minimum atomic E-state index is -2.70. The summed E-state index contributed by atoms with van der Waals surface area (Å²) in [6.07, 6.45) is 3.14. The Bertz CT molecular complexity index is 1200. The lowest BCUT2D eigenvalue weighted by molar-refractivity contribution is 0.679. The van der Waals surface area contributed by atoms with Crippen LogP contribution < -0.4 is 5.32 Å². The van der Waals surface area contributed by atoms with Gasteiger partial charge in [-0.05, 0) is 23.8 Å². The lowest BCUT2D eigenvalue weighted by Gasteiger charge is -2.09. The first kappa shape index (κ1) is 21.4. The Morgan fingerprint density at radius 2 is 1.93 bits per heavy atom. The van der Waals surface area contributed by atoms with Gasteiger partial charge in [0, 0.05) is 23.9 Å². The number of hydrogen-bond acceptors (Lipinski definition) is 5. The van der Waals surface area contributed by atoms with Crippen LogP contribution in [0.25, 0.3) is 11.0 Å². The Hall–Kier alpha value is -2.34. The lowest BCUT2D eigenvalue weighted by Crippen LogP contribution is -2.16. The van der Waals surface area contributed by atoms with Gasteiger partial charge in [-0.25, -0.2) is 18.7 Å². The van der Waals surface area contributed by atoms with Crippen LogP contribution in [0, 0.1) is 16.2 Å². The van der Waals surface area contributed by atoms with Gasteiger partial charge in [0.2, 0.25) is 0 Å². The van der Waals surface area contributed by atoms with Gasteiger partial charge in [-0.15, -0.1) is 5.54 Å². The molecule has 0 saturated carbocycles. The van der Waals surface area contributed by atoms with E-state index >= 15 is 0 Å². The van der Waals surface area contributed by atoms with E-state index in [1.165, 1.54) is 6.26 Å². The number of aromatic nitrogens is 3. The van der Waals surface area contributed by atoms with Crippen molar-refractivity contribution in [3.8, 4) is 11.5 Å². The number of hydrogen-bond donors (Lipinski definition) is 2. The maximum Gasteiger partial charge on any atom is 0.162 e. The third-order valence-corrected chi connectivity index (χ3v) is 6.50. The average molecular weight is 446 g/mol. The normalized spacial score (nSPS) is 13.6. The highest BCUT2D eigenvalue weighted by Crippen LogP contribution is 2.29. The van der Waals surface area contributed by atoms with E-state index < -0.39 is 17.8 Å². The molecule has 0 amide bonds. The summed E-state index contributed by atoms with van der Waals surface area (Å²) in [5, 5.41) is 8.93. The average Bonchev–Trinajstić information content (AvgIpc) is 2.95. The second-order valence-electron chi connectivity index (χ2n) is 7.90. The number of anilines is 1. The van der Waals surface area contributed by atoms with Crippen LogP contribution in [0.2, 0.25) is 24.8 Å². The van der Waals surface area contributed by atoms with Crippen LogP contribution in [0.4, 0.5) is 5.69 Å². The van der Waals surface area contributed by atoms with Gasteiger partial charge in [0.1, 0.15) is 14.6 Å². The van der Waals surface area contributed by atoms with Crippen molar-refractivity contribution in [2.45, 2.75) is 37.6 Å². The molecule has 2 aromatic heterocycles. The molecule has 0 spiro atoms. The highest BCUT2D eigenvalue weighted by molar-refractivity contribution is 7.91. The zero-order valence-corrected chi connectivity index (χ0v) is 19.5. The number of pyridine rings is 1. The zero-order valence-electron chi connectivity index (χ0n) is 16.9. The second kappa shape index (κ2) is 8.18. The van der Waals surface area contributed by atoms with E-state index in [0.29, 0.717) is 28.8 Å². The van der Waals surface area contributed by atoms with Gasteiger partial charge < -0.3 is 5.32 Å². The predicted octanol–water partition coefficient (Wildman–Crippen LogP) is 4.61. The highest BCUT2D eigenvalue weighted by Gasteiger charge is 2.14. The predicted molar refractivity (Wildman–Crippen MR) is 122 cm³/mol. The van der Waals surface area contributed by atoms with Crippen molar-refractivity contribution >= 4 is 46.1 Å². The Morgan fingerprint density at radius 1 is 1.24 bits per heavy atom. The monoisotopic (exact) mass is 445 g/mol. The van der Waals surface area contributed by atoms with E-state index in [4.69, 9.17) is 16.4 Å². The molecule has 0 aliphatic heterocycles. The van der Waals surface area contributed by atoms with Crippen molar-refractivity contribution < 1.29 is 4.21 Å².